The van der Waals surface area contributed by atoms with Crippen LogP contribution >= 0.6 is 7.82 Å². The third-order valence-corrected chi connectivity index (χ3v) is 10.8. The van der Waals surface area contributed by atoms with Gasteiger partial charge in [-0.1, -0.05) is 186 Å². The molecule has 3 N–H and O–H groups in total. The van der Waals surface area contributed by atoms with E-state index in [0.29, 0.717) is 17.4 Å². The monoisotopic (exact) mass is 908 g/mol. The summed E-state index contributed by atoms with van der Waals surface area (Å²) in [5.74, 6) is -0.211. The van der Waals surface area contributed by atoms with Gasteiger partial charge < -0.3 is 19.8 Å². The van der Waals surface area contributed by atoms with Crippen LogP contribution in [0.25, 0.3) is 0 Å². The van der Waals surface area contributed by atoms with Crippen LogP contribution in [0.2, 0.25) is 0 Å². The van der Waals surface area contributed by atoms with Crippen LogP contribution in [0.4, 0.5) is 0 Å². The van der Waals surface area contributed by atoms with Gasteiger partial charge in [0.25, 0.3) is 0 Å². The molecule has 362 valence electrons. The van der Waals surface area contributed by atoms with Gasteiger partial charge in [-0.05, 0) is 96.3 Å². The number of phosphoric ester groups is 1. The van der Waals surface area contributed by atoms with Gasteiger partial charge >= 0.3 is 7.82 Å². The van der Waals surface area contributed by atoms with Gasteiger partial charge in [0.1, 0.15) is 13.2 Å². The minimum atomic E-state index is -4.35. The largest absolute Gasteiger partial charge is 0.472 e. The quantitative estimate of drug-likeness (QED) is 0.0244. The molecule has 0 radical (unpaired) electrons. The first kappa shape index (κ1) is 60.6. The Kier molecular flexibility index (Phi) is 42.5. The SMILES string of the molecule is CC/C=C\C/C=C\C/C=C\C/C=C\C/C=C\C/C=C\C/C=C\C/C=C\C/C=C\CCCCCCCCCC(=O)NC(COP(=O)(O)OCC[N+](C)(C)C)C(O)/C=C/CC/C=C/CCC. The van der Waals surface area contributed by atoms with Crippen LogP contribution in [-0.2, 0) is 18.4 Å². The van der Waals surface area contributed by atoms with Crippen molar-refractivity contribution in [3.05, 3.63) is 134 Å². The fourth-order valence-corrected chi connectivity index (χ4v) is 6.73. The zero-order chi connectivity index (χ0) is 47.1. The maximum atomic E-state index is 12.8. The Labute approximate surface area is 392 Å². The van der Waals surface area contributed by atoms with Gasteiger partial charge in [0.15, 0.2) is 0 Å². The Morgan fingerprint density at radius 3 is 1.42 bits per heavy atom. The minimum Gasteiger partial charge on any atom is -0.387 e. The summed E-state index contributed by atoms with van der Waals surface area (Å²) in [6.45, 7) is 4.52. The Bertz CT molecular complexity index is 1490. The summed E-state index contributed by atoms with van der Waals surface area (Å²) in [7, 11) is 1.52. The molecule has 0 saturated carbocycles. The maximum Gasteiger partial charge on any atom is 0.472 e. The highest BCUT2D eigenvalue weighted by Gasteiger charge is 2.27. The lowest BCUT2D eigenvalue weighted by molar-refractivity contribution is -0.870. The van der Waals surface area contributed by atoms with E-state index in [4.69, 9.17) is 9.05 Å². The number of aliphatic hydroxyl groups excluding tert-OH is 1. The Morgan fingerprint density at radius 2 is 0.953 bits per heavy atom. The van der Waals surface area contributed by atoms with E-state index in [-0.39, 0.29) is 19.1 Å². The molecular formula is C55H92N2O6P+. The number of aliphatic hydroxyl groups is 1. The van der Waals surface area contributed by atoms with Crippen molar-refractivity contribution in [1.82, 2.24) is 5.32 Å². The molecule has 0 rings (SSSR count). The van der Waals surface area contributed by atoms with E-state index in [1.165, 1.54) is 19.3 Å². The third-order valence-electron chi connectivity index (χ3n) is 9.84. The zero-order valence-electron chi connectivity index (χ0n) is 41.0. The third kappa shape index (κ3) is 46.6. The number of amides is 1. The van der Waals surface area contributed by atoms with Crippen molar-refractivity contribution in [2.75, 3.05) is 40.9 Å². The van der Waals surface area contributed by atoms with Crippen LogP contribution in [0.5, 0.6) is 0 Å². The highest BCUT2D eigenvalue weighted by Crippen LogP contribution is 2.43. The van der Waals surface area contributed by atoms with Crippen LogP contribution in [-0.4, -0.2) is 73.4 Å². The number of carbonyl (C=O) groups is 1. The van der Waals surface area contributed by atoms with Gasteiger partial charge in [-0.2, -0.15) is 0 Å². The lowest BCUT2D eigenvalue weighted by Crippen LogP contribution is -2.45. The van der Waals surface area contributed by atoms with E-state index in [9.17, 15) is 19.4 Å². The number of hydrogen-bond acceptors (Lipinski definition) is 5. The van der Waals surface area contributed by atoms with Crippen LogP contribution in [0.15, 0.2) is 134 Å². The van der Waals surface area contributed by atoms with Crippen molar-refractivity contribution >= 4 is 13.7 Å². The predicted molar refractivity (Wildman–Crippen MR) is 276 cm³/mol. The number of allylic oxidation sites excluding steroid dienone is 21. The Morgan fingerprint density at radius 1 is 0.547 bits per heavy atom. The standard InChI is InChI=1S/C55H91N2O6P/c1-6-8-10-12-14-15-16-17-18-19-20-21-22-23-24-25-26-27-28-29-30-31-32-33-34-35-36-37-38-39-40-41-43-45-47-49-55(59)56-53(54(58)48-46-44-42-13-11-9-7-2)52-63-64(60,61)62-51-50-57(3,4)5/h8,10-11,13-15,17-18,20-21,23-24,26-27,29-30,32-33,35-36,46,48,53-54,58H,6-7,9,12,16,19,22,25,28,31,34,37-45,47,49-52H2,1-5H3,(H-,56,59,60,61)/p+1/b10-8-,13-11+,15-14-,18-17-,21-20-,24-23-,27-26-,30-29-,33-32-,36-35-,48-46+. The van der Waals surface area contributed by atoms with Crippen molar-refractivity contribution < 1.29 is 32.9 Å². The molecule has 0 spiro atoms. The minimum absolute atomic E-state index is 0.0456. The number of nitrogens with one attached hydrogen (secondary N) is 1. The number of likely N-dealkylation sites (N-methyl/N-ethyl adjacent to an activating group) is 1. The molecule has 0 bridgehead atoms. The van der Waals surface area contributed by atoms with Crippen LogP contribution in [0.1, 0.15) is 155 Å². The summed E-state index contributed by atoms with van der Waals surface area (Å²) in [4.78, 5) is 23.0. The van der Waals surface area contributed by atoms with Gasteiger partial charge in [-0.25, -0.2) is 4.57 Å². The summed E-state index contributed by atoms with van der Waals surface area (Å²) in [5, 5.41) is 13.7. The molecule has 0 aromatic heterocycles. The summed E-state index contributed by atoms with van der Waals surface area (Å²) >= 11 is 0. The Balaban J connectivity index is 4.11. The van der Waals surface area contributed by atoms with Crippen molar-refractivity contribution in [3.8, 4) is 0 Å². The fraction of sp³-hybridized carbons (Fsp3) is 0.582. The van der Waals surface area contributed by atoms with E-state index in [1.54, 1.807) is 6.08 Å². The number of hydrogen-bond donors (Lipinski definition) is 3. The molecule has 0 aliphatic carbocycles. The molecular weight excluding hydrogens is 816 g/mol. The first-order valence-electron chi connectivity index (χ1n) is 24.6. The molecule has 0 aliphatic rings. The number of phosphoric acid groups is 1. The highest BCUT2D eigenvalue weighted by atomic mass is 31.2. The summed E-state index contributed by atoms with van der Waals surface area (Å²) in [5.41, 5.74) is 0. The van der Waals surface area contributed by atoms with E-state index < -0.39 is 20.0 Å². The first-order valence-corrected chi connectivity index (χ1v) is 26.1. The molecule has 1 amide bonds. The summed E-state index contributed by atoms with van der Waals surface area (Å²) in [6, 6.07) is -0.876. The summed E-state index contributed by atoms with van der Waals surface area (Å²) in [6.07, 6.45) is 68.6. The normalized spacial score (nSPS) is 15.3. The molecule has 9 heteroatoms. The van der Waals surface area contributed by atoms with Crippen molar-refractivity contribution in [1.29, 1.82) is 0 Å². The molecule has 3 atom stereocenters. The maximum absolute atomic E-state index is 12.8. The number of unbranched alkanes of at least 4 members (excludes halogenated alkanes) is 9. The topological polar surface area (TPSA) is 105 Å². The fourth-order valence-electron chi connectivity index (χ4n) is 6.00. The lowest BCUT2D eigenvalue weighted by atomic mass is 10.1. The molecule has 0 aliphatic heterocycles. The van der Waals surface area contributed by atoms with E-state index in [2.05, 4.69) is 141 Å². The molecule has 0 fully saturated rings. The molecule has 0 aromatic carbocycles. The van der Waals surface area contributed by atoms with Gasteiger partial charge in [0.2, 0.25) is 5.91 Å². The highest BCUT2D eigenvalue weighted by molar-refractivity contribution is 7.47. The molecule has 64 heavy (non-hydrogen) atoms. The number of quaternary nitrogens is 1. The second-order valence-electron chi connectivity index (χ2n) is 17.1. The van der Waals surface area contributed by atoms with Crippen LogP contribution in [0.3, 0.4) is 0 Å². The number of carbonyl (C=O) groups excluding carboxylic acids is 1. The van der Waals surface area contributed by atoms with E-state index >= 15 is 0 Å². The van der Waals surface area contributed by atoms with Gasteiger partial charge in [0, 0.05) is 6.42 Å². The van der Waals surface area contributed by atoms with Crippen LogP contribution in [0, 0.1) is 0 Å². The Hall–Kier alpha value is -3.36. The van der Waals surface area contributed by atoms with Gasteiger partial charge in [-0.15, -0.1) is 0 Å². The molecule has 0 aromatic rings. The molecule has 8 nitrogen and oxygen atoms in total. The zero-order valence-corrected chi connectivity index (χ0v) is 41.9. The van der Waals surface area contributed by atoms with Gasteiger partial charge in [-0.3, -0.25) is 13.8 Å². The average Bonchev–Trinajstić information content (AvgIpc) is 3.25. The second-order valence-corrected chi connectivity index (χ2v) is 18.5. The molecule has 3 unspecified atom stereocenters. The average molecular weight is 908 g/mol. The van der Waals surface area contributed by atoms with Crippen molar-refractivity contribution in [2.24, 2.45) is 0 Å². The predicted octanol–water partition coefficient (Wildman–Crippen LogP) is 14.4. The molecule has 0 saturated heterocycles. The van der Waals surface area contributed by atoms with E-state index in [0.717, 1.165) is 116 Å². The first-order chi connectivity index (χ1) is 31.0. The molecule has 0 heterocycles. The number of rotatable bonds is 42. The van der Waals surface area contributed by atoms with Gasteiger partial charge in [0.05, 0.1) is 39.9 Å². The smallest absolute Gasteiger partial charge is 0.387 e. The lowest BCUT2D eigenvalue weighted by Gasteiger charge is -2.25. The van der Waals surface area contributed by atoms with Crippen LogP contribution < -0.4 is 5.32 Å². The number of nitrogens with zero attached hydrogens (tertiary/aromatic N) is 1. The van der Waals surface area contributed by atoms with Crippen molar-refractivity contribution in [3.63, 3.8) is 0 Å². The second kappa shape index (κ2) is 44.8. The van der Waals surface area contributed by atoms with E-state index in [1.807, 2.05) is 27.2 Å². The summed E-state index contributed by atoms with van der Waals surface area (Å²) < 4.78 is 23.4. The van der Waals surface area contributed by atoms with Crippen molar-refractivity contribution in [2.45, 2.75) is 167 Å².